The molecule has 0 aliphatic carbocycles. The number of rotatable bonds is 3. The van der Waals surface area contributed by atoms with Gasteiger partial charge in [0.05, 0.1) is 9.79 Å². The van der Waals surface area contributed by atoms with Gasteiger partial charge in [0.1, 0.15) is 5.82 Å². The highest BCUT2D eigenvalue weighted by Gasteiger charge is 2.38. The number of anilines is 1. The van der Waals surface area contributed by atoms with E-state index in [1.54, 1.807) is 6.07 Å². The molecule has 144 valence electrons. The molecule has 2 heterocycles. The molecule has 0 aromatic heterocycles. The first-order valence-corrected chi connectivity index (χ1v) is 11.0. The molecule has 0 bridgehead atoms. The first-order valence-electron chi connectivity index (χ1n) is 9.51. The number of fused-ring (bicyclic) bond motifs is 3. The summed E-state index contributed by atoms with van der Waals surface area (Å²) >= 11 is 0. The van der Waals surface area contributed by atoms with E-state index in [4.69, 9.17) is 0 Å². The zero-order valence-corrected chi connectivity index (χ0v) is 16.5. The summed E-state index contributed by atoms with van der Waals surface area (Å²) in [5.41, 5.74) is 2.26. The predicted octanol–water partition coefficient (Wildman–Crippen LogP) is 3.68. The number of hydrogen-bond acceptors (Lipinski definition) is 4. The Morgan fingerprint density at radius 3 is 2.41 bits per heavy atom. The van der Waals surface area contributed by atoms with Crippen LogP contribution in [0.15, 0.2) is 52.3 Å². The second kappa shape index (κ2) is 6.91. The van der Waals surface area contributed by atoms with Gasteiger partial charge in [-0.15, -0.1) is 0 Å². The van der Waals surface area contributed by atoms with Crippen molar-refractivity contribution in [1.29, 1.82) is 0 Å². The summed E-state index contributed by atoms with van der Waals surface area (Å²) in [6.45, 7) is 5.36. The van der Waals surface area contributed by atoms with Crippen LogP contribution < -0.4 is 4.90 Å². The van der Waals surface area contributed by atoms with Crippen molar-refractivity contribution in [3.05, 3.63) is 53.8 Å². The molecule has 2 aromatic carbocycles. The minimum atomic E-state index is -3.65. The molecule has 27 heavy (non-hydrogen) atoms. The van der Waals surface area contributed by atoms with E-state index < -0.39 is 15.7 Å². The van der Waals surface area contributed by atoms with Crippen molar-refractivity contribution in [3.63, 3.8) is 0 Å². The Balaban J connectivity index is 1.72. The van der Waals surface area contributed by atoms with E-state index in [1.165, 1.54) is 24.3 Å². The number of benzene rings is 2. The molecule has 0 N–H and O–H groups in total. The molecule has 2 atom stereocenters. The SMILES string of the molecule is CCN1CC[C@@H]2[C@@H](CC1)c1cc(S(=O)(=O)c3ccc(F)cc3)ccc1N2C. The number of likely N-dealkylation sites (N-methyl/N-ethyl adjacent to an activating group) is 1. The molecular weight excluding hydrogens is 363 g/mol. The summed E-state index contributed by atoms with van der Waals surface area (Å²) in [6, 6.07) is 10.9. The van der Waals surface area contributed by atoms with Gasteiger partial charge in [-0.1, -0.05) is 6.92 Å². The molecule has 0 radical (unpaired) electrons. The zero-order valence-electron chi connectivity index (χ0n) is 15.7. The van der Waals surface area contributed by atoms with E-state index in [0.29, 0.717) is 16.9 Å². The lowest BCUT2D eigenvalue weighted by atomic mass is 9.91. The van der Waals surface area contributed by atoms with Crippen LogP contribution in [-0.2, 0) is 9.84 Å². The van der Waals surface area contributed by atoms with Gasteiger partial charge in [-0.05, 0) is 74.0 Å². The molecule has 4 nitrogen and oxygen atoms in total. The maximum atomic E-state index is 13.2. The molecule has 2 aromatic rings. The van der Waals surface area contributed by atoms with Crippen LogP contribution in [-0.4, -0.2) is 46.0 Å². The monoisotopic (exact) mass is 388 g/mol. The highest BCUT2D eigenvalue weighted by molar-refractivity contribution is 7.91. The summed E-state index contributed by atoms with van der Waals surface area (Å²) in [5, 5.41) is 0. The first-order chi connectivity index (χ1) is 12.9. The molecule has 0 saturated carbocycles. The van der Waals surface area contributed by atoms with Crippen molar-refractivity contribution in [2.24, 2.45) is 0 Å². The van der Waals surface area contributed by atoms with Gasteiger partial charge in [0.2, 0.25) is 9.84 Å². The first kappa shape index (κ1) is 18.4. The molecular formula is C21H25FN2O2S. The fourth-order valence-corrected chi connectivity index (χ4v) is 5.83. The van der Waals surface area contributed by atoms with E-state index in [-0.39, 0.29) is 4.90 Å². The van der Waals surface area contributed by atoms with Gasteiger partial charge in [-0.25, -0.2) is 12.8 Å². The lowest BCUT2D eigenvalue weighted by Gasteiger charge is -2.25. The minimum Gasteiger partial charge on any atom is -0.371 e. The Morgan fingerprint density at radius 2 is 1.70 bits per heavy atom. The lowest BCUT2D eigenvalue weighted by Crippen LogP contribution is -2.31. The Bertz CT molecular complexity index is 943. The number of halogens is 1. The van der Waals surface area contributed by atoms with Crippen LogP contribution in [0.5, 0.6) is 0 Å². The van der Waals surface area contributed by atoms with Gasteiger partial charge >= 0.3 is 0 Å². The van der Waals surface area contributed by atoms with Crippen LogP contribution in [0.1, 0.15) is 31.2 Å². The average molecular weight is 389 g/mol. The molecule has 6 heteroatoms. The van der Waals surface area contributed by atoms with Gasteiger partial charge in [0.25, 0.3) is 0 Å². The van der Waals surface area contributed by atoms with Crippen LogP contribution >= 0.6 is 0 Å². The van der Waals surface area contributed by atoms with Gasteiger partial charge in [-0.2, -0.15) is 0 Å². The summed E-state index contributed by atoms with van der Waals surface area (Å²) in [4.78, 5) is 5.20. The van der Waals surface area contributed by atoms with Gasteiger partial charge < -0.3 is 9.80 Å². The molecule has 4 rings (SSSR count). The third kappa shape index (κ3) is 3.15. The molecule has 0 spiro atoms. The van der Waals surface area contributed by atoms with E-state index in [2.05, 4.69) is 23.8 Å². The standard InChI is InChI=1S/C21H25FN2O2S/c1-3-24-12-10-18-19-14-17(8-9-20(19)23(2)21(18)11-13-24)27(25,26)16-6-4-15(22)5-7-16/h4-9,14,18,21H,3,10-13H2,1-2H3/t18-,21+/m0/s1. The second-order valence-corrected chi connectivity index (χ2v) is 9.42. The Kier molecular flexibility index (Phi) is 4.72. The quantitative estimate of drug-likeness (QED) is 0.752. The third-order valence-electron chi connectivity index (χ3n) is 6.12. The second-order valence-electron chi connectivity index (χ2n) is 7.47. The number of hydrogen-bond donors (Lipinski definition) is 0. The largest absolute Gasteiger partial charge is 0.371 e. The van der Waals surface area contributed by atoms with Crippen LogP contribution in [0.2, 0.25) is 0 Å². The third-order valence-corrected chi connectivity index (χ3v) is 7.89. The van der Waals surface area contributed by atoms with Crippen molar-refractivity contribution in [2.75, 3.05) is 31.6 Å². The summed E-state index contributed by atoms with van der Waals surface area (Å²) in [7, 11) is -1.54. The zero-order chi connectivity index (χ0) is 19.2. The highest BCUT2D eigenvalue weighted by atomic mass is 32.2. The van der Waals surface area contributed by atoms with Gasteiger partial charge in [-0.3, -0.25) is 0 Å². The van der Waals surface area contributed by atoms with Crippen LogP contribution in [0.25, 0.3) is 0 Å². The van der Waals surface area contributed by atoms with Crippen molar-refractivity contribution < 1.29 is 12.8 Å². The number of nitrogens with zero attached hydrogens (tertiary/aromatic N) is 2. The van der Waals surface area contributed by atoms with Crippen LogP contribution in [0.4, 0.5) is 10.1 Å². The topological polar surface area (TPSA) is 40.6 Å². The fraction of sp³-hybridized carbons (Fsp3) is 0.429. The van der Waals surface area contributed by atoms with Crippen molar-refractivity contribution >= 4 is 15.5 Å². The van der Waals surface area contributed by atoms with Crippen LogP contribution in [0.3, 0.4) is 0 Å². The van der Waals surface area contributed by atoms with E-state index in [1.807, 2.05) is 12.1 Å². The van der Waals surface area contributed by atoms with Crippen LogP contribution in [0, 0.1) is 5.82 Å². The van der Waals surface area contributed by atoms with Gasteiger partial charge in [0, 0.05) is 31.2 Å². The van der Waals surface area contributed by atoms with Crippen molar-refractivity contribution in [2.45, 2.75) is 41.5 Å². The molecule has 1 fully saturated rings. The predicted molar refractivity (Wildman–Crippen MR) is 105 cm³/mol. The summed E-state index contributed by atoms with van der Waals surface area (Å²) in [5.74, 6) is -0.0868. The molecule has 2 aliphatic rings. The Labute approximate surface area is 160 Å². The van der Waals surface area contributed by atoms with E-state index >= 15 is 0 Å². The molecule has 1 saturated heterocycles. The van der Waals surface area contributed by atoms with E-state index in [9.17, 15) is 12.8 Å². The highest BCUT2D eigenvalue weighted by Crippen LogP contribution is 2.45. The molecule has 0 unspecified atom stereocenters. The summed E-state index contributed by atoms with van der Waals surface area (Å²) in [6.07, 6.45) is 2.12. The minimum absolute atomic E-state index is 0.129. The van der Waals surface area contributed by atoms with Gasteiger partial charge in [0.15, 0.2) is 0 Å². The van der Waals surface area contributed by atoms with Crippen molar-refractivity contribution in [1.82, 2.24) is 4.90 Å². The summed E-state index contributed by atoms with van der Waals surface area (Å²) < 4.78 is 39.2. The molecule has 2 aliphatic heterocycles. The maximum absolute atomic E-state index is 13.2. The molecule has 0 amide bonds. The van der Waals surface area contributed by atoms with Crippen molar-refractivity contribution in [3.8, 4) is 0 Å². The average Bonchev–Trinajstić information content (AvgIpc) is 2.82. The Morgan fingerprint density at radius 1 is 1.04 bits per heavy atom. The lowest BCUT2D eigenvalue weighted by molar-refractivity contribution is 0.298. The Hall–Kier alpha value is -1.92. The fourth-order valence-electron chi connectivity index (χ4n) is 4.53. The van der Waals surface area contributed by atoms with E-state index in [0.717, 1.165) is 43.7 Å². The maximum Gasteiger partial charge on any atom is 0.206 e. The normalized spacial score (nSPS) is 23.0. The number of likely N-dealkylation sites (tertiary alicyclic amines) is 1. The smallest absolute Gasteiger partial charge is 0.206 e. The number of sulfone groups is 1.